The number of aromatic amines is 1. The molecule has 1 aromatic carbocycles. The zero-order valence-electron chi connectivity index (χ0n) is 16.3. The quantitative estimate of drug-likeness (QED) is 0.384. The van der Waals surface area contributed by atoms with Crippen molar-refractivity contribution in [1.82, 2.24) is 25.3 Å². The fourth-order valence-corrected chi connectivity index (χ4v) is 3.79. The van der Waals surface area contributed by atoms with E-state index in [0.717, 1.165) is 10.6 Å². The van der Waals surface area contributed by atoms with Gasteiger partial charge in [0.15, 0.2) is 5.69 Å². The molecule has 3 heterocycles. The molecule has 0 aliphatic heterocycles. The molecule has 0 atom stereocenters. The predicted octanol–water partition coefficient (Wildman–Crippen LogP) is 3.28. The Balaban J connectivity index is 1.36. The molecule has 0 saturated heterocycles. The predicted molar refractivity (Wildman–Crippen MR) is 115 cm³/mol. The number of nitrogen functional groups attached to an aromatic ring is 1. The van der Waals surface area contributed by atoms with Gasteiger partial charge in [0.2, 0.25) is 0 Å². The highest BCUT2D eigenvalue weighted by atomic mass is 32.1. The van der Waals surface area contributed by atoms with Crippen molar-refractivity contribution in [2.75, 3.05) is 12.3 Å². The number of nitriles is 1. The maximum atomic E-state index is 13.2. The van der Waals surface area contributed by atoms with Crippen molar-refractivity contribution in [2.45, 2.75) is 12.8 Å². The van der Waals surface area contributed by atoms with Gasteiger partial charge in [-0.1, -0.05) is 6.07 Å². The van der Waals surface area contributed by atoms with Crippen molar-refractivity contribution in [2.24, 2.45) is 0 Å². The monoisotopic (exact) mass is 435 g/mol. The summed E-state index contributed by atoms with van der Waals surface area (Å²) in [5.41, 5.74) is 8.53. The number of amides is 1. The molecule has 4 rings (SSSR count). The van der Waals surface area contributed by atoms with Gasteiger partial charge in [0, 0.05) is 6.54 Å². The highest BCUT2D eigenvalue weighted by molar-refractivity contribution is 7.13. The van der Waals surface area contributed by atoms with Gasteiger partial charge in [-0.3, -0.25) is 9.89 Å². The lowest BCUT2D eigenvalue weighted by Gasteiger charge is -2.03. The minimum Gasteiger partial charge on any atom is -0.382 e. The van der Waals surface area contributed by atoms with Crippen LogP contribution in [0.2, 0.25) is 0 Å². The first kappa shape index (κ1) is 20.3. The summed E-state index contributed by atoms with van der Waals surface area (Å²) in [6, 6.07) is 13.3. The molecule has 0 saturated carbocycles. The maximum absolute atomic E-state index is 13.2. The second-order valence-electron chi connectivity index (χ2n) is 6.71. The molecule has 0 aliphatic rings. The number of nitrogens with zero attached hydrogens (tertiary/aromatic N) is 4. The second kappa shape index (κ2) is 8.81. The van der Waals surface area contributed by atoms with Crippen LogP contribution in [0, 0.1) is 17.1 Å². The van der Waals surface area contributed by atoms with E-state index in [-0.39, 0.29) is 23.1 Å². The van der Waals surface area contributed by atoms with Gasteiger partial charge in [0.1, 0.15) is 23.3 Å². The van der Waals surface area contributed by atoms with Crippen LogP contribution in [0.25, 0.3) is 16.3 Å². The van der Waals surface area contributed by atoms with Gasteiger partial charge in [-0.2, -0.15) is 15.5 Å². The third kappa shape index (κ3) is 4.31. The number of halogens is 1. The van der Waals surface area contributed by atoms with E-state index in [9.17, 15) is 14.4 Å². The number of aromatic nitrogens is 4. The molecule has 3 aromatic heterocycles. The van der Waals surface area contributed by atoms with Crippen molar-refractivity contribution in [1.29, 1.82) is 5.26 Å². The molecule has 156 valence electrons. The number of thiophene rings is 1. The molecule has 0 radical (unpaired) electrons. The van der Waals surface area contributed by atoms with Crippen LogP contribution in [0.15, 0.2) is 47.8 Å². The molecule has 0 aliphatic carbocycles. The Morgan fingerprint density at radius 3 is 2.84 bits per heavy atom. The lowest BCUT2D eigenvalue weighted by molar-refractivity contribution is 0.0948. The number of benzene rings is 1. The first-order chi connectivity index (χ1) is 15.1. The van der Waals surface area contributed by atoms with Crippen molar-refractivity contribution >= 4 is 23.1 Å². The molecular formula is C21H18FN7OS. The highest BCUT2D eigenvalue weighted by Crippen LogP contribution is 2.23. The Morgan fingerprint density at radius 1 is 1.32 bits per heavy atom. The van der Waals surface area contributed by atoms with Gasteiger partial charge >= 0.3 is 0 Å². The van der Waals surface area contributed by atoms with Crippen LogP contribution in [0.1, 0.15) is 28.2 Å². The summed E-state index contributed by atoms with van der Waals surface area (Å²) >= 11 is 1.56. The van der Waals surface area contributed by atoms with E-state index in [0.29, 0.717) is 36.5 Å². The number of hydrogen-bond donors (Lipinski definition) is 3. The Hall–Kier alpha value is -3.97. The molecule has 1 amide bonds. The number of nitrogens with two attached hydrogens (primary N) is 1. The SMILES string of the molecule is N#Cc1c(CCCNC(=O)c2cc(-c3cccs3)[nH]n2)nn(-c2ccc(F)cc2)c1N. The fraction of sp³-hybridized carbons (Fsp3) is 0.143. The molecule has 8 nitrogen and oxygen atoms in total. The van der Waals surface area contributed by atoms with E-state index in [4.69, 9.17) is 5.73 Å². The van der Waals surface area contributed by atoms with Gasteiger partial charge in [-0.25, -0.2) is 9.07 Å². The normalized spacial score (nSPS) is 10.7. The molecule has 0 bridgehead atoms. The highest BCUT2D eigenvalue weighted by Gasteiger charge is 2.17. The van der Waals surface area contributed by atoms with Gasteiger partial charge in [-0.05, 0) is 54.6 Å². The van der Waals surface area contributed by atoms with Crippen molar-refractivity contribution in [3.05, 3.63) is 70.6 Å². The standard InChI is InChI=1S/C21H18FN7OS/c22-13-5-7-14(8-6-13)29-20(24)15(12-23)16(28-29)3-1-9-25-21(30)18-11-17(26-27-18)19-4-2-10-31-19/h2,4-8,10-11H,1,3,9,24H2,(H,25,30)(H,26,27). The zero-order valence-corrected chi connectivity index (χ0v) is 17.1. The van der Waals surface area contributed by atoms with E-state index >= 15 is 0 Å². The summed E-state index contributed by atoms with van der Waals surface area (Å²) in [6.45, 7) is 0.383. The summed E-state index contributed by atoms with van der Waals surface area (Å²) < 4.78 is 14.6. The van der Waals surface area contributed by atoms with Crippen molar-refractivity contribution in [3.63, 3.8) is 0 Å². The maximum Gasteiger partial charge on any atom is 0.271 e. The van der Waals surface area contributed by atoms with E-state index in [1.165, 1.54) is 28.9 Å². The Labute approximate surface area is 181 Å². The minimum absolute atomic E-state index is 0.200. The first-order valence-electron chi connectivity index (χ1n) is 9.47. The van der Waals surface area contributed by atoms with E-state index in [1.807, 2.05) is 17.5 Å². The number of aryl methyl sites for hydroxylation is 1. The number of carbonyl (C=O) groups is 1. The molecule has 31 heavy (non-hydrogen) atoms. The number of H-pyrrole nitrogens is 1. The first-order valence-corrected chi connectivity index (χ1v) is 10.4. The molecule has 0 fully saturated rings. The smallest absolute Gasteiger partial charge is 0.271 e. The lowest BCUT2D eigenvalue weighted by atomic mass is 10.1. The average molecular weight is 435 g/mol. The Kier molecular flexibility index (Phi) is 5.77. The summed E-state index contributed by atoms with van der Waals surface area (Å²) in [7, 11) is 0. The van der Waals surface area contributed by atoms with Gasteiger partial charge in [0.05, 0.1) is 22.0 Å². The molecular weight excluding hydrogens is 417 g/mol. The van der Waals surface area contributed by atoms with Crippen LogP contribution in [-0.4, -0.2) is 32.4 Å². The van der Waals surface area contributed by atoms with Crippen LogP contribution in [0.3, 0.4) is 0 Å². The van der Waals surface area contributed by atoms with Crippen molar-refractivity contribution in [3.8, 4) is 22.3 Å². The third-order valence-electron chi connectivity index (χ3n) is 4.65. The molecule has 0 spiro atoms. The fourth-order valence-electron chi connectivity index (χ4n) is 3.10. The topological polar surface area (TPSA) is 125 Å². The second-order valence-corrected chi connectivity index (χ2v) is 7.66. The number of hydrogen-bond acceptors (Lipinski definition) is 6. The van der Waals surface area contributed by atoms with E-state index in [1.54, 1.807) is 17.4 Å². The van der Waals surface area contributed by atoms with Gasteiger partial charge < -0.3 is 11.1 Å². The van der Waals surface area contributed by atoms with Crippen LogP contribution in [-0.2, 0) is 6.42 Å². The number of carbonyl (C=O) groups excluding carboxylic acids is 1. The van der Waals surface area contributed by atoms with Crippen molar-refractivity contribution < 1.29 is 9.18 Å². The summed E-state index contributed by atoms with van der Waals surface area (Å²) in [6.07, 6.45) is 1.01. The Morgan fingerprint density at radius 2 is 2.13 bits per heavy atom. The number of nitrogens with one attached hydrogen (secondary N) is 2. The largest absolute Gasteiger partial charge is 0.382 e. The number of rotatable bonds is 7. The summed E-state index contributed by atoms with van der Waals surface area (Å²) in [5, 5.41) is 25.5. The molecule has 10 heteroatoms. The minimum atomic E-state index is -0.370. The summed E-state index contributed by atoms with van der Waals surface area (Å²) in [4.78, 5) is 13.3. The van der Waals surface area contributed by atoms with Gasteiger partial charge in [0.25, 0.3) is 5.91 Å². The van der Waals surface area contributed by atoms with Crippen LogP contribution < -0.4 is 11.1 Å². The van der Waals surface area contributed by atoms with Crippen LogP contribution >= 0.6 is 11.3 Å². The summed E-state index contributed by atoms with van der Waals surface area (Å²) in [5.74, 6) is -0.452. The van der Waals surface area contributed by atoms with E-state index in [2.05, 4.69) is 26.7 Å². The molecule has 4 N–H and O–H groups in total. The van der Waals surface area contributed by atoms with E-state index < -0.39 is 0 Å². The average Bonchev–Trinajstić information content (AvgIpc) is 3.51. The third-order valence-corrected chi connectivity index (χ3v) is 5.55. The Bertz CT molecular complexity index is 1240. The van der Waals surface area contributed by atoms with Crippen LogP contribution in [0.5, 0.6) is 0 Å². The van der Waals surface area contributed by atoms with Crippen LogP contribution in [0.4, 0.5) is 10.2 Å². The zero-order chi connectivity index (χ0) is 21.8. The molecule has 0 unspecified atom stereocenters. The number of anilines is 1. The van der Waals surface area contributed by atoms with Gasteiger partial charge in [-0.15, -0.1) is 11.3 Å². The molecule has 4 aromatic rings. The lowest BCUT2D eigenvalue weighted by Crippen LogP contribution is -2.25.